The molecule has 0 radical (unpaired) electrons. The molecule has 0 fully saturated rings. The molecule has 0 spiro atoms. The van der Waals surface area contributed by atoms with E-state index in [2.05, 4.69) is 16.2 Å². The maximum Gasteiger partial charge on any atom is 0.253 e. The highest BCUT2D eigenvalue weighted by Crippen LogP contribution is 2.06. The van der Waals surface area contributed by atoms with Crippen molar-refractivity contribution in [3.63, 3.8) is 0 Å². The molecule has 16 heavy (non-hydrogen) atoms. The van der Waals surface area contributed by atoms with Crippen LogP contribution in [0.15, 0.2) is 18.3 Å². The van der Waals surface area contributed by atoms with E-state index in [0.717, 1.165) is 12.8 Å². The van der Waals surface area contributed by atoms with Gasteiger partial charge in [0.15, 0.2) is 0 Å². The summed E-state index contributed by atoms with van der Waals surface area (Å²) in [6.07, 6.45) is 8.43. The SMILES string of the molecule is C#CC(CCC)NC(=O)c1ccc(Cl)nc1. The molecule has 1 atom stereocenters. The Bertz CT molecular complexity index is 394. The molecule has 0 aliphatic carbocycles. The van der Waals surface area contributed by atoms with Gasteiger partial charge in [-0.2, -0.15) is 0 Å². The largest absolute Gasteiger partial charge is 0.338 e. The molecule has 1 aromatic rings. The minimum atomic E-state index is -0.229. The molecule has 0 aliphatic heterocycles. The number of pyridine rings is 1. The molecular weight excluding hydrogens is 224 g/mol. The molecule has 0 bridgehead atoms. The van der Waals surface area contributed by atoms with Crippen molar-refractivity contribution in [3.8, 4) is 12.3 Å². The number of nitrogens with zero attached hydrogens (tertiary/aromatic N) is 1. The molecule has 1 unspecified atom stereocenters. The average Bonchev–Trinajstić information content (AvgIpc) is 2.29. The highest BCUT2D eigenvalue weighted by molar-refractivity contribution is 6.29. The van der Waals surface area contributed by atoms with E-state index in [-0.39, 0.29) is 11.9 Å². The second kappa shape index (κ2) is 6.14. The van der Waals surface area contributed by atoms with Gasteiger partial charge in [0.2, 0.25) is 0 Å². The first-order valence-electron chi connectivity index (χ1n) is 5.06. The van der Waals surface area contributed by atoms with E-state index in [1.165, 1.54) is 6.20 Å². The Morgan fingerprint density at radius 3 is 2.94 bits per heavy atom. The Morgan fingerprint density at radius 2 is 2.44 bits per heavy atom. The molecule has 0 aliphatic rings. The van der Waals surface area contributed by atoms with Crippen molar-refractivity contribution >= 4 is 17.5 Å². The van der Waals surface area contributed by atoms with Gasteiger partial charge in [-0.05, 0) is 18.6 Å². The van der Waals surface area contributed by atoms with Crippen LogP contribution in [0.25, 0.3) is 0 Å². The number of amides is 1. The van der Waals surface area contributed by atoms with Gasteiger partial charge in [0, 0.05) is 6.20 Å². The lowest BCUT2D eigenvalue weighted by Gasteiger charge is -2.11. The Kier molecular flexibility index (Phi) is 4.81. The van der Waals surface area contributed by atoms with Crippen molar-refractivity contribution in [1.29, 1.82) is 0 Å². The molecule has 0 saturated heterocycles. The molecule has 3 nitrogen and oxygen atoms in total. The number of hydrogen-bond donors (Lipinski definition) is 1. The van der Waals surface area contributed by atoms with Gasteiger partial charge in [-0.25, -0.2) is 4.98 Å². The first-order chi connectivity index (χ1) is 7.67. The van der Waals surface area contributed by atoms with Crippen molar-refractivity contribution in [3.05, 3.63) is 29.0 Å². The summed E-state index contributed by atoms with van der Waals surface area (Å²) in [5.41, 5.74) is 0.459. The topological polar surface area (TPSA) is 42.0 Å². The summed E-state index contributed by atoms with van der Waals surface area (Å²) in [5, 5.41) is 3.11. The van der Waals surface area contributed by atoms with Crippen molar-refractivity contribution in [2.24, 2.45) is 0 Å². The van der Waals surface area contributed by atoms with E-state index < -0.39 is 0 Å². The van der Waals surface area contributed by atoms with Crippen molar-refractivity contribution in [2.75, 3.05) is 0 Å². The normalized spacial score (nSPS) is 11.6. The standard InChI is InChI=1S/C12H13ClN2O/c1-3-5-10(4-2)15-12(16)9-6-7-11(13)14-8-9/h2,6-8,10H,3,5H2,1H3,(H,15,16). The lowest BCUT2D eigenvalue weighted by atomic mass is 10.1. The Labute approximate surface area is 100 Å². The zero-order valence-corrected chi connectivity index (χ0v) is 9.79. The van der Waals surface area contributed by atoms with Crippen LogP contribution in [-0.2, 0) is 0 Å². The molecule has 4 heteroatoms. The van der Waals surface area contributed by atoms with Crippen LogP contribution < -0.4 is 5.32 Å². The number of nitrogens with one attached hydrogen (secondary N) is 1. The molecule has 0 aromatic carbocycles. The van der Waals surface area contributed by atoms with Crippen molar-refractivity contribution in [2.45, 2.75) is 25.8 Å². The van der Waals surface area contributed by atoms with Crippen LogP contribution >= 0.6 is 11.6 Å². The van der Waals surface area contributed by atoms with Gasteiger partial charge in [0.05, 0.1) is 11.6 Å². The minimum absolute atomic E-state index is 0.222. The number of halogens is 1. The van der Waals surface area contributed by atoms with Gasteiger partial charge >= 0.3 is 0 Å². The summed E-state index contributed by atoms with van der Waals surface area (Å²) < 4.78 is 0. The van der Waals surface area contributed by atoms with Gasteiger partial charge in [0.1, 0.15) is 5.15 Å². The monoisotopic (exact) mass is 236 g/mol. The molecular formula is C12H13ClN2O. The molecule has 1 aromatic heterocycles. The van der Waals surface area contributed by atoms with Crippen LogP contribution in [0.5, 0.6) is 0 Å². The molecule has 1 rings (SSSR count). The van der Waals surface area contributed by atoms with Crippen LogP contribution in [0.2, 0.25) is 5.15 Å². The highest BCUT2D eigenvalue weighted by Gasteiger charge is 2.10. The van der Waals surface area contributed by atoms with E-state index in [4.69, 9.17) is 18.0 Å². The van der Waals surface area contributed by atoms with E-state index in [9.17, 15) is 4.79 Å². The summed E-state index contributed by atoms with van der Waals surface area (Å²) in [4.78, 5) is 15.5. The first-order valence-corrected chi connectivity index (χ1v) is 5.43. The number of aromatic nitrogens is 1. The fraction of sp³-hybridized carbons (Fsp3) is 0.333. The van der Waals surface area contributed by atoms with Gasteiger partial charge in [-0.15, -0.1) is 6.42 Å². The Balaban J connectivity index is 2.65. The summed E-state index contributed by atoms with van der Waals surface area (Å²) in [7, 11) is 0. The van der Waals surface area contributed by atoms with Gasteiger partial charge < -0.3 is 5.32 Å². The van der Waals surface area contributed by atoms with Crippen LogP contribution in [0.3, 0.4) is 0 Å². The number of hydrogen-bond acceptors (Lipinski definition) is 2. The molecule has 1 amide bonds. The second-order valence-electron chi connectivity index (χ2n) is 3.35. The summed E-state index contributed by atoms with van der Waals surface area (Å²) in [6.45, 7) is 2.01. The zero-order chi connectivity index (χ0) is 12.0. The lowest BCUT2D eigenvalue weighted by Crippen LogP contribution is -2.33. The molecule has 0 saturated carbocycles. The highest BCUT2D eigenvalue weighted by atomic mass is 35.5. The van der Waals surface area contributed by atoms with Gasteiger partial charge in [0.25, 0.3) is 5.91 Å². The lowest BCUT2D eigenvalue weighted by molar-refractivity contribution is 0.0944. The van der Waals surface area contributed by atoms with Crippen molar-refractivity contribution in [1.82, 2.24) is 10.3 Å². The molecule has 84 valence electrons. The van der Waals surface area contributed by atoms with Gasteiger partial charge in [-0.1, -0.05) is 30.9 Å². The summed E-state index contributed by atoms with van der Waals surface area (Å²) in [5.74, 6) is 2.31. The zero-order valence-electron chi connectivity index (χ0n) is 9.03. The fourth-order valence-electron chi connectivity index (χ4n) is 1.24. The maximum absolute atomic E-state index is 11.7. The van der Waals surface area contributed by atoms with Crippen LogP contribution in [0.4, 0.5) is 0 Å². The van der Waals surface area contributed by atoms with E-state index >= 15 is 0 Å². The van der Waals surface area contributed by atoms with Crippen molar-refractivity contribution < 1.29 is 4.79 Å². The van der Waals surface area contributed by atoms with E-state index in [1.54, 1.807) is 12.1 Å². The quantitative estimate of drug-likeness (QED) is 0.644. The predicted molar refractivity (Wildman–Crippen MR) is 64.2 cm³/mol. The number of rotatable bonds is 4. The van der Waals surface area contributed by atoms with Crippen LogP contribution in [0.1, 0.15) is 30.1 Å². The van der Waals surface area contributed by atoms with Crippen LogP contribution in [-0.4, -0.2) is 16.9 Å². The Hall–Kier alpha value is -1.53. The fourth-order valence-corrected chi connectivity index (χ4v) is 1.35. The number of carbonyl (C=O) groups is 1. The average molecular weight is 237 g/mol. The third-order valence-electron chi connectivity index (χ3n) is 2.07. The molecule has 1 heterocycles. The molecule has 1 N–H and O–H groups in total. The number of carbonyl (C=O) groups excluding carboxylic acids is 1. The van der Waals surface area contributed by atoms with E-state index in [0.29, 0.717) is 10.7 Å². The first kappa shape index (κ1) is 12.5. The summed E-state index contributed by atoms with van der Waals surface area (Å²) >= 11 is 5.62. The predicted octanol–water partition coefficient (Wildman–Crippen LogP) is 2.27. The summed E-state index contributed by atoms with van der Waals surface area (Å²) in [6, 6.07) is 2.96. The second-order valence-corrected chi connectivity index (χ2v) is 3.74. The smallest absolute Gasteiger partial charge is 0.253 e. The van der Waals surface area contributed by atoms with Gasteiger partial charge in [-0.3, -0.25) is 4.79 Å². The minimum Gasteiger partial charge on any atom is -0.338 e. The van der Waals surface area contributed by atoms with E-state index in [1.807, 2.05) is 6.92 Å². The van der Waals surface area contributed by atoms with Crippen LogP contribution in [0, 0.1) is 12.3 Å². The third kappa shape index (κ3) is 3.56. The maximum atomic E-state index is 11.7. The number of terminal acetylenes is 1. The Morgan fingerprint density at radius 1 is 1.69 bits per heavy atom. The third-order valence-corrected chi connectivity index (χ3v) is 2.30.